The molecular weight excluding hydrogens is 279 g/mol. The number of nitrogens with zero attached hydrogens (tertiary/aromatic N) is 2. The van der Waals surface area contributed by atoms with Crippen molar-refractivity contribution >= 4 is 11.5 Å². The van der Waals surface area contributed by atoms with Gasteiger partial charge in [-0.05, 0) is 30.9 Å². The van der Waals surface area contributed by atoms with Crippen LogP contribution in [0.15, 0.2) is 18.2 Å². The third-order valence-electron chi connectivity index (χ3n) is 3.42. The van der Waals surface area contributed by atoms with Gasteiger partial charge >= 0.3 is 0 Å². The van der Waals surface area contributed by atoms with E-state index < -0.39 is 17.5 Å². The van der Waals surface area contributed by atoms with Gasteiger partial charge in [0, 0.05) is 17.8 Å². The first-order valence-corrected chi connectivity index (χ1v) is 6.43. The molecule has 3 rings (SSSR count). The molecule has 1 aromatic carbocycles. The van der Waals surface area contributed by atoms with Crippen LogP contribution in [0.1, 0.15) is 23.2 Å². The predicted octanol–water partition coefficient (Wildman–Crippen LogP) is 3.60. The zero-order valence-corrected chi connectivity index (χ0v) is 10.9. The monoisotopic (exact) mass is 289 g/mol. The summed E-state index contributed by atoms with van der Waals surface area (Å²) in [6.45, 7) is 0. The van der Waals surface area contributed by atoms with Crippen molar-refractivity contribution in [3.05, 3.63) is 52.5 Å². The van der Waals surface area contributed by atoms with Gasteiger partial charge in [-0.25, -0.2) is 18.2 Å². The molecule has 0 spiro atoms. The Morgan fingerprint density at radius 3 is 2.71 bits per heavy atom. The van der Waals surface area contributed by atoms with Crippen LogP contribution in [0.2, 0.25) is 0 Å². The molecule has 0 aliphatic heterocycles. The summed E-state index contributed by atoms with van der Waals surface area (Å²) in [4.78, 5) is 4.27. The van der Waals surface area contributed by atoms with Gasteiger partial charge in [0.15, 0.2) is 11.6 Å². The van der Waals surface area contributed by atoms with Crippen molar-refractivity contribution in [1.29, 1.82) is 5.26 Å². The van der Waals surface area contributed by atoms with Gasteiger partial charge < -0.3 is 5.32 Å². The molecule has 6 heteroatoms. The van der Waals surface area contributed by atoms with Crippen molar-refractivity contribution in [2.45, 2.75) is 19.3 Å². The highest BCUT2D eigenvalue weighted by atomic mass is 19.2. The van der Waals surface area contributed by atoms with Crippen molar-refractivity contribution in [2.24, 2.45) is 0 Å². The Morgan fingerprint density at radius 2 is 1.95 bits per heavy atom. The Morgan fingerprint density at radius 1 is 1.14 bits per heavy atom. The van der Waals surface area contributed by atoms with Crippen LogP contribution in [0, 0.1) is 28.8 Å². The van der Waals surface area contributed by atoms with E-state index in [1.807, 2.05) is 6.07 Å². The topological polar surface area (TPSA) is 48.7 Å². The van der Waals surface area contributed by atoms with Gasteiger partial charge in [0.1, 0.15) is 17.7 Å². The predicted molar refractivity (Wildman–Crippen MR) is 70.6 cm³/mol. The molecule has 1 aliphatic carbocycles. The largest absolute Gasteiger partial charge is 0.337 e. The van der Waals surface area contributed by atoms with Crippen LogP contribution >= 0.6 is 0 Å². The van der Waals surface area contributed by atoms with E-state index in [-0.39, 0.29) is 17.1 Å². The number of benzene rings is 1. The molecule has 2 aromatic rings. The Kier molecular flexibility index (Phi) is 3.26. The summed E-state index contributed by atoms with van der Waals surface area (Å²) in [6, 6.07) is 4.93. The Bertz CT molecular complexity index is 766. The van der Waals surface area contributed by atoms with E-state index in [0.717, 1.165) is 36.6 Å². The molecule has 21 heavy (non-hydrogen) atoms. The minimum Gasteiger partial charge on any atom is -0.337 e. The number of nitriles is 1. The molecule has 1 aliphatic rings. The van der Waals surface area contributed by atoms with Crippen LogP contribution in [0.25, 0.3) is 0 Å². The van der Waals surface area contributed by atoms with E-state index in [0.29, 0.717) is 6.07 Å². The molecular formula is C15H10F3N3. The van der Waals surface area contributed by atoms with E-state index in [2.05, 4.69) is 10.3 Å². The molecule has 0 saturated carbocycles. The number of hydrogen-bond donors (Lipinski definition) is 1. The lowest BCUT2D eigenvalue weighted by atomic mass is 10.1. The van der Waals surface area contributed by atoms with E-state index in [9.17, 15) is 13.2 Å². The van der Waals surface area contributed by atoms with E-state index >= 15 is 0 Å². The molecule has 0 amide bonds. The quantitative estimate of drug-likeness (QED) is 0.859. The maximum Gasteiger partial charge on any atom is 0.182 e. The fourth-order valence-corrected chi connectivity index (χ4v) is 2.43. The zero-order valence-electron chi connectivity index (χ0n) is 10.9. The lowest BCUT2D eigenvalue weighted by molar-refractivity contribution is 0.498. The van der Waals surface area contributed by atoms with Gasteiger partial charge in [0.2, 0.25) is 0 Å². The molecule has 1 N–H and O–H groups in total. The average molecular weight is 289 g/mol. The minimum absolute atomic E-state index is 0.113. The second-order valence-corrected chi connectivity index (χ2v) is 4.83. The number of halogens is 3. The Labute approximate surface area is 119 Å². The maximum absolute atomic E-state index is 13.7. The first-order valence-electron chi connectivity index (χ1n) is 6.43. The SMILES string of the molecule is N#Cc1cc2c(nc1Nc1cc(F)cc(F)c1F)CCC2. The number of aryl methyl sites for hydroxylation is 2. The van der Waals surface area contributed by atoms with Gasteiger partial charge in [-0.2, -0.15) is 5.26 Å². The molecule has 0 fully saturated rings. The van der Waals surface area contributed by atoms with Crippen LogP contribution in [-0.4, -0.2) is 4.98 Å². The van der Waals surface area contributed by atoms with Crippen molar-refractivity contribution in [2.75, 3.05) is 5.32 Å². The van der Waals surface area contributed by atoms with Crippen molar-refractivity contribution < 1.29 is 13.2 Å². The highest BCUT2D eigenvalue weighted by Crippen LogP contribution is 2.28. The number of fused-ring (bicyclic) bond motifs is 1. The fraction of sp³-hybridized carbons (Fsp3) is 0.200. The maximum atomic E-state index is 13.7. The van der Waals surface area contributed by atoms with Gasteiger partial charge in [0.25, 0.3) is 0 Å². The van der Waals surface area contributed by atoms with Crippen LogP contribution in [0.3, 0.4) is 0 Å². The number of aromatic nitrogens is 1. The van der Waals surface area contributed by atoms with E-state index in [4.69, 9.17) is 5.26 Å². The first-order chi connectivity index (χ1) is 10.1. The molecule has 0 saturated heterocycles. The second-order valence-electron chi connectivity index (χ2n) is 4.83. The number of hydrogen-bond acceptors (Lipinski definition) is 3. The molecule has 0 atom stereocenters. The highest BCUT2D eigenvalue weighted by Gasteiger charge is 2.18. The standard InChI is InChI=1S/C15H10F3N3/c16-10-5-11(17)14(18)13(6-10)21-15-9(7-19)4-8-2-1-3-12(8)20-15/h4-6H,1-3H2,(H,20,21). The summed E-state index contributed by atoms with van der Waals surface area (Å²) < 4.78 is 40.0. The molecule has 0 unspecified atom stereocenters. The van der Waals surface area contributed by atoms with Crippen molar-refractivity contribution in [1.82, 2.24) is 4.98 Å². The van der Waals surface area contributed by atoms with E-state index in [1.54, 1.807) is 6.07 Å². The van der Waals surface area contributed by atoms with Crippen molar-refractivity contribution in [3.8, 4) is 6.07 Å². The fourth-order valence-electron chi connectivity index (χ4n) is 2.43. The van der Waals surface area contributed by atoms with Crippen molar-refractivity contribution in [3.63, 3.8) is 0 Å². The third-order valence-corrected chi connectivity index (χ3v) is 3.42. The number of anilines is 2. The van der Waals surface area contributed by atoms with Gasteiger partial charge in [0.05, 0.1) is 11.3 Å². The van der Waals surface area contributed by atoms with Crippen LogP contribution in [0.5, 0.6) is 0 Å². The number of pyridine rings is 1. The molecule has 0 radical (unpaired) electrons. The van der Waals surface area contributed by atoms with Gasteiger partial charge in [-0.1, -0.05) is 0 Å². The summed E-state index contributed by atoms with van der Waals surface area (Å²) in [5, 5.41) is 11.6. The smallest absolute Gasteiger partial charge is 0.182 e. The summed E-state index contributed by atoms with van der Waals surface area (Å²) in [5.41, 5.74) is 1.66. The second kappa shape index (κ2) is 5.09. The minimum atomic E-state index is -1.29. The van der Waals surface area contributed by atoms with Gasteiger partial charge in [-0.3, -0.25) is 0 Å². The molecule has 1 heterocycles. The summed E-state index contributed by atoms with van der Waals surface area (Å²) in [7, 11) is 0. The Hall–Kier alpha value is -2.55. The summed E-state index contributed by atoms with van der Waals surface area (Å²) in [5.74, 6) is -3.29. The molecule has 0 bridgehead atoms. The van der Waals surface area contributed by atoms with Gasteiger partial charge in [-0.15, -0.1) is 0 Å². The van der Waals surface area contributed by atoms with Crippen LogP contribution < -0.4 is 5.32 Å². The first kappa shape index (κ1) is 13.4. The number of nitrogens with one attached hydrogen (secondary N) is 1. The zero-order chi connectivity index (χ0) is 15.0. The van der Waals surface area contributed by atoms with Crippen LogP contribution in [0.4, 0.5) is 24.7 Å². The summed E-state index contributed by atoms with van der Waals surface area (Å²) in [6.07, 6.45) is 2.57. The third kappa shape index (κ3) is 2.42. The average Bonchev–Trinajstić information content (AvgIpc) is 2.90. The normalized spacial score (nSPS) is 12.9. The molecule has 1 aromatic heterocycles. The highest BCUT2D eigenvalue weighted by molar-refractivity contribution is 5.64. The van der Waals surface area contributed by atoms with Crippen LogP contribution in [-0.2, 0) is 12.8 Å². The molecule has 106 valence electrons. The Balaban J connectivity index is 2.05. The lowest BCUT2D eigenvalue weighted by Crippen LogP contribution is -2.04. The lowest BCUT2D eigenvalue weighted by Gasteiger charge is -2.11. The summed E-state index contributed by atoms with van der Waals surface area (Å²) >= 11 is 0. The molecule has 3 nitrogen and oxygen atoms in total. The number of rotatable bonds is 2. The van der Waals surface area contributed by atoms with E-state index in [1.165, 1.54) is 0 Å².